The maximum Gasteiger partial charge on any atom is 0.252 e. The van der Waals surface area contributed by atoms with Gasteiger partial charge in [0.1, 0.15) is 0 Å². The van der Waals surface area contributed by atoms with Crippen LogP contribution in [0.4, 0.5) is 0 Å². The second kappa shape index (κ2) is 4.57. The van der Waals surface area contributed by atoms with Gasteiger partial charge in [0.25, 0.3) is 5.91 Å². The van der Waals surface area contributed by atoms with E-state index in [0.29, 0.717) is 0 Å². The average molecular weight is 261 g/mol. The van der Waals surface area contributed by atoms with Gasteiger partial charge < -0.3 is 5.32 Å². The van der Waals surface area contributed by atoms with Crippen LogP contribution in [0, 0.1) is 0 Å². The van der Waals surface area contributed by atoms with E-state index >= 15 is 0 Å². The Balaban J connectivity index is 1.80. The lowest BCUT2D eigenvalue weighted by Crippen LogP contribution is -2.30. The zero-order valence-electron chi connectivity index (χ0n) is 10.2. The third kappa shape index (κ3) is 1.95. The number of hydrogen-bond donors (Lipinski definition) is 1. The first kappa shape index (κ1) is 11.5. The molecule has 1 unspecified atom stereocenters. The Labute approximate surface area is 110 Å². The van der Waals surface area contributed by atoms with Crippen molar-refractivity contribution in [3.8, 4) is 0 Å². The molecule has 0 aromatic carbocycles. The lowest BCUT2D eigenvalue weighted by molar-refractivity contribution is 0.0933. The molecule has 94 valence electrons. The number of fused-ring (bicyclic) bond motifs is 1. The van der Waals surface area contributed by atoms with Gasteiger partial charge in [-0.05, 0) is 30.7 Å². The van der Waals surface area contributed by atoms with Crippen LogP contribution in [-0.4, -0.2) is 15.7 Å². The Morgan fingerprint density at radius 3 is 3.28 bits per heavy atom. The molecule has 1 aliphatic rings. The lowest BCUT2D eigenvalue weighted by Gasteiger charge is -2.23. The number of nitrogens with one attached hydrogen (secondary N) is 1. The van der Waals surface area contributed by atoms with Gasteiger partial charge in [-0.15, -0.1) is 0 Å². The van der Waals surface area contributed by atoms with E-state index in [0.717, 1.165) is 24.8 Å². The van der Waals surface area contributed by atoms with Gasteiger partial charge >= 0.3 is 0 Å². The maximum absolute atomic E-state index is 12.1. The maximum atomic E-state index is 12.1. The summed E-state index contributed by atoms with van der Waals surface area (Å²) >= 11 is 1.54. The average Bonchev–Trinajstić information content (AvgIpc) is 3.00. The monoisotopic (exact) mass is 261 g/mol. The van der Waals surface area contributed by atoms with Crippen molar-refractivity contribution in [2.45, 2.75) is 25.3 Å². The van der Waals surface area contributed by atoms with Crippen LogP contribution in [0.5, 0.6) is 0 Å². The van der Waals surface area contributed by atoms with E-state index in [2.05, 4.69) is 10.4 Å². The van der Waals surface area contributed by atoms with Crippen LogP contribution in [0.2, 0.25) is 0 Å². The SMILES string of the molecule is Cn1ncc2c1CCCC2NC(=O)c1ccsc1. The highest BCUT2D eigenvalue weighted by molar-refractivity contribution is 7.08. The summed E-state index contributed by atoms with van der Waals surface area (Å²) in [4.78, 5) is 12.1. The van der Waals surface area contributed by atoms with Crippen molar-refractivity contribution >= 4 is 17.2 Å². The van der Waals surface area contributed by atoms with Crippen molar-refractivity contribution in [1.29, 1.82) is 0 Å². The summed E-state index contributed by atoms with van der Waals surface area (Å²) < 4.78 is 1.91. The molecule has 0 bridgehead atoms. The molecule has 1 amide bonds. The predicted octanol–water partition coefficient (Wildman–Crippen LogP) is 2.29. The molecule has 0 saturated carbocycles. The standard InChI is InChI=1S/C13H15N3OS/c1-16-12-4-2-3-11(10(12)7-14-16)15-13(17)9-5-6-18-8-9/h5-8,11H,2-4H2,1H3,(H,15,17). The number of amides is 1. The number of aryl methyl sites for hydroxylation is 1. The van der Waals surface area contributed by atoms with E-state index in [1.807, 2.05) is 34.8 Å². The molecular weight excluding hydrogens is 246 g/mol. The fraction of sp³-hybridized carbons (Fsp3) is 0.385. The van der Waals surface area contributed by atoms with Crippen molar-refractivity contribution in [3.05, 3.63) is 39.8 Å². The smallest absolute Gasteiger partial charge is 0.252 e. The van der Waals surface area contributed by atoms with Crippen molar-refractivity contribution in [2.75, 3.05) is 0 Å². The summed E-state index contributed by atoms with van der Waals surface area (Å²) in [5.41, 5.74) is 3.17. The van der Waals surface area contributed by atoms with Gasteiger partial charge in [-0.25, -0.2) is 0 Å². The summed E-state index contributed by atoms with van der Waals surface area (Å²) in [7, 11) is 1.96. The molecule has 5 heteroatoms. The fourth-order valence-electron chi connectivity index (χ4n) is 2.49. The van der Waals surface area contributed by atoms with E-state index in [9.17, 15) is 4.79 Å². The number of thiophene rings is 1. The molecular formula is C13H15N3OS. The zero-order chi connectivity index (χ0) is 12.5. The highest BCUT2D eigenvalue weighted by Crippen LogP contribution is 2.29. The van der Waals surface area contributed by atoms with Crippen molar-refractivity contribution in [1.82, 2.24) is 15.1 Å². The summed E-state index contributed by atoms with van der Waals surface area (Å²) in [5, 5.41) is 11.2. The molecule has 1 atom stereocenters. The lowest BCUT2D eigenvalue weighted by atomic mass is 9.93. The van der Waals surface area contributed by atoms with E-state index in [-0.39, 0.29) is 11.9 Å². The second-order valence-corrected chi connectivity index (χ2v) is 5.38. The van der Waals surface area contributed by atoms with Crippen LogP contribution in [0.15, 0.2) is 23.0 Å². The Morgan fingerprint density at radius 1 is 1.61 bits per heavy atom. The molecule has 0 fully saturated rings. The molecule has 0 aliphatic heterocycles. The number of rotatable bonds is 2. The van der Waals surface area contributed by atoms with Gasteiger partial charge in [0.2, 0.25) is 0 Å². The quantitative estimate of drug-likeness (QED) is 0.901. The fourth-order valence-corrected chi connectivity index (χ4v) is 3.13. The van der Waals surface area contributed by atoms with E-state index in [1.54, 1.807) is 11.3 Å². The van der Waals surface area contributed by atoms with Gasteiger partial charge in [-0.1, -0.05) is 0 Å². The van der Waals surface area contributed by atoms with Crippen molar-refractivity contribution in [3.63, 3.8) is 0 Å². The predicted molar refractivity (Wildman–Crippen MR) is 70.7 cm³/mol. The Bertz CT molecular complexity index is 559. The normalized spacial score (nSPS) is 18.4. The van der Waals surface area contributed by atoms with E-state index in [1.165, 1.54) is 11.3 Å². The van der Waals surface area contributed by atoms with Gasteiger partial charge in [-0.3, -0.25) is 9.48 Å². The van der Waals surface area contributed by atoms with Crippen LogP contribution >= 0.6 is 11.3 Å². The van der Waals surface area contributed by atoms with Crippen molar-refractivity contribution in [2.24, 2.45) is 7.05 Å². The largest absolute Gasteiger partial charge is 0.345 e. The Kier molecular flexibility index (Phi) is 2.91. The number of nitrogens with zero attached hydrogens (tertiary/aromatic N) is 2. The minimum absolute atomic E-state index is 0.0120. The minimum Gasteiger partial charge on any atom is -0.345 e. The topological polar surface area (TPSA) is 46.9 Å². The molecule has 2 aromatic heterocycles. The van der Waals surface area contributed by atoms with Crippen LogP contribution in [0.1, 0.15) is 40.5 Å². The third-order valence-electron chi connectivity index (χ3n) is 3.46. The molecule has 0 radical (unpaired) electrons. The van der Waals surface area contributed by atoms with Gasteiger partial charge in [-0.2, -0.15) is 16.4 Å². The van der Waals surface area contributed by atoms with Gasteiger partial charge in [0, 0.05) is 23.7 Å². The Hall–Kier alpha value is -1.62. The first-order valence-electron chi connectivity index (χ1n) is 6.09. The van der Waals surface area contributed by atoms with Crippen LogP contribution in [0.25, 0.3) is 0 Å². The van der Waals surface area contributed by atoms with Crippen LogP contribution < -0.4 is 5.32 Å². The molecule has 3 rings (SSSR count). The van der Waals surface area contributed by atoms with Crippen molar-refractivity contribution < 1.29 is 4.79 Å². The molecule has 0 spiro atoms. The first-order valence-corrected chi connectivity index (χ1v) is 7.04. The molecule has 1 aliphatic carbocycles. The van der Waals surface area contributed by atoms with E-state index in [4.69, 9.17) is 0 Å². The van der Waals surface area contributed by atoms with Gasteiger partial charge in [0.05, 0.1) is 17.8 Å². The molecule has 2 aromatic rings. The zero-order valence-corrected chi connectivity index (χ0v) is 11.0. The highest BCUT2D eigenvalue weighted by atomic mass is 32.1. The summed E-state index contributed by atoms with van der Waals surface area (Å²) in [5.74, 6) is 0.0120. The molecule has 18 heavy (non-hydrogen) atoms. The number of carbonyl (C=O) groups is 1. The summed E-state index contributed by atoms with van der Waals surface area (Å²) in [6.07, 6.45) is 5.03. The third-order valence-corrected chi connectivity index (χ3v) is 4.15. The molecule has 4 nitrogen and oxygen atoms in total. The highest BCUT2D eigenvalue weighted by Gasteiger charge is 2.25. The summed E-state index contributed by atoms with van der Waals surface area (Å²) in [6, 6.07) is 1.96. The second-order valence-electron chi connectivity index (χ2n) is 4.60. The number of hydrogen-bond acceptors (Lipinski definition) is 3. The molecule has 2 heterocycles. The summed E-state index contributed by atoms with van der Waals surface area (Å²) in [6.45, 7) is 0. The minimum atomic E-state index is 0.0120. The molecule has 0 saturated heterocycles. The van der Waals surface area contributed by atoms with Gasteiger partial charge in [0.15, 0.2) is 0 Å². The number of aromatic nitrogens is 2. The molecule has 1 N–H and O–H groups in total. The first-order chi connectivity index (χ1) is 8.75. The Morgan fingerprint density at radius 2 is 2.50 bits per heavy atom. The van der Waals surface area contributed by atoms with Crippen LogP contribution in [-0.2, 0) is 13.5 Å². The van der Waals surface area contributed by atoms with Crippen LogP contribution in [0.3, 0.4) is 0 Å². The number of carbonyl (C=O) groups excluding carboxylic acids is 1. The van der Waals surface area contributed by atoms with E-state index < -0.39 is 0 Å².